The van der Waals surface area contributed by atoms with Gasteiger partial charge in [-0.05, 0) is 31.2 Å². The van der Waals surface area contributed by atoms with Crippen LogP contribution in [0.15, 0.2) is 30.3 Å². The van der Waals surface area contributed by atoms with E-state index in [-0.39, 0.29) is 12.0 Å². The van der Waals surface area contributed by atoms with Crippen molar-refractivity contribution in [2.75, 3.05) is 12.3 Å². The molecule has 1 unspecified atom stereocenters. The van der Waals surface area contributed by atoms with Crippen molar-refractivity contribution in [3.8, 4) is 0 Å². The van der Waals surface area contributed by atoms with Crippen molar-refractivity contribution in [1.29, 1.82) is 0 Å². The molecule has 1 aliphatic rings. The predicted octanol–water partition coefficient (Wildman–Crippen LogP) is 3.15. The highest BCUT2D eigenvalue weighted by atomic mass is 32.2. The molecule has 1 aromatic rings. The Morgan fingerprint density at radius 1 is 1.24 bits per heavy atom. The number of piperidine rings is 1. The molecule has 21 heavy (non-hydrogen) atoms. The third-order valence-electron chi connectivity index (χ3n) is 3.79. The molecule has 0 aromatic heterocycles. The van der Waals surface area contributed by atoms with E-state index in [1.54, 1.807) is 0 Å². The maximum Gasteiger partial charge on any atom is 0.268 e. The molecule has 5 heteroatoms. The maximum absolute atomic E-state index is 12.0. The van der Waals surface area contributed by atoms with Crippen molar-refractivity contribution >= 4 is 10.1 Å². The summed E-state index contributed by atoms with van der Waals surface area (Å²) >= 11 is 0. The van der Waals surface area contributed by atoms with Gasteiger partial charge in [0.15, 0.2) is 0 Å². The monoisotopic (exact) mass is 311 g/mol. The van der Waals surface area contributed by atoms with Gasteiger partial charge in [0.25, 0.3) is 10.1 Å². The number of hydrogen-bond donors (Lipinski definition) is 0. The molecule has 0 amide bonds. The molecule has 0 radical (unpaired) electrons. The van der Waals surface area contributed by atoms with Crippen molar-refractivity contribution in [2.45, 2.75) is 51.8 Å². The largest absolute Gasteiger partial charge is 0.273 e. The zero-order valence-electron chi connectivity index (χ0n) is 12.7. The molecule has 0 aliphatic carbocycles. The molecule has 1 aromatic carbocycles. The molecular formula is C16H25NO3S. The van der Waals surface area contributed by atoms with E-state index >= 15 is 0 Å². The minimum Gasteiger partial charge on any atom is -0.273 e. The SMILES string of the molecule is CCCCS(=O)(=O)OC1CCCCN1Cc1ccccc1. The molecule has 1 atom stereocenters. The predicted molar refractivity (Wildman–Crippen MR) is 84.3 cm³/mol. The lowest BCUT2D eigenvalue weighted by atomic mass is 10.1. The van der Waals surface area contributed by atoms with Gasteiger partial charge in [-0.2, -0.15) is 8.42 Å². The third-order valence-corrected chi connectivity index (χ3v) is 5.09. The molecule has 0 saturated carbocycles. The average molecular weight is 311 g/mol. The Kier molecular flexibility index (Phi) is 6.21. The standard InChI is InChI=1S/C16H25NO3S/c1-2-3-13-21(18,19)20-16-11-7-8-12-17(16)14-15-9-5-4-6-10-15/h4-6,9-10,16H,2-3,7-8,11-14H2,1H3. The average Bonchev–Trinajstić information content (AvgIpc) is 2.48. The molecule has 0 N–H and O–H groups in total. The van der Waals surface area contributed by atoms with Crippen molar-refractivity contribution in [3.05, 3.63) is 35.9 Å². The number of rotatable bonds is 7. The van der Waals surface area contributed by atoms with E-state index < -0.39 is 10.1 Å². The third kappa shape index (κ3) is 5.41. The minimum absolute atomic E-state index is 0.124. The number of unbranched alkanes of at least 4 members (excludes halogenated alkanes) is 1. The molecule has 4 nitrogen and oxygen atoms in total. The van der Waals surface area contributed by atoms with Crippen LogP contribution in [-0.2, 0) is 20.8 Å². The van der Waals surface area contributed by atoms with E-state index in [0.29, 0.717) is 6.42 Å². The molecule has 0 bridgehead atoms. The first-order valence-electron chi connectivity index (χ1n) is 7.79. The Balaban J connectivity index is 1.98. The van der Waals surface area contributed by atoms with Crippen LogP contribution in [0.5, 0.6) is 0 Å². The second kappa shape index (κ2) is 7.92. The van der Waals surface area contributed by atoms with Crippen LogP contribution in [0.3, 0.4) is 0 Å². The smallest absolute Gasteiger partial charge is 0.268 e. The van der Waals surface area contributed by atoms with Crippen LogP contribution < -0.4 is 0 Å². The van der Waals surface area contributed by atoms with Crippen molar-refractivity contribution in [2.24, 2.45) is 0 Å². The zero-order valence-corrected chi connectivity index (χ0v) is 13.5. The molecule has 118 valence electrons. The maximum atomic E-state index is 12.0. The molecule has 1 saturated heterocycles. The van der Waals surface area contributed by atoms with E-state index in [1.807, 2.05) is 25.1 Å². The summed E-state index contributed by atoms with van der Waals surface area (Å²) in [7, 11) is -3.41. The minimum atomic E-state index is -3.41. The number of likely N-dealkylation sites (tertiary alicyclic amines) is 1. The van der Waals surface area contributed by atoms with Gasteiger partial charge < -0.3 is 0 Å². The first-order valence-corrected chi connectivity index (χ1v) is 9.37. The van der Waals surface area contributed by atoms with Gasteiger partial charge in [-0.3, -0.25) is 9.08 Å². The lowest BCUT2D eigenvalue weighted by molar-refractivity contribution is -0.00490. The molecular weight excluding hydrogens is 286 g/mol. The van der Waals surface area contributed by atoms with Crippen LogP contribution in [0.2, 0.25) is 0 Å². The van der Waals surface area contributed by atoms with E-state index in [9.17, 15) is 8.42 Å². The number of benzene rings is 1. The van der Waals surface area contributed by atoms with Crippen LogP contribution in [0.25, 0.3) is 0 Å². The molecule has 1 fully saturated rings. The first-order chi connectivity index (χ1) is 10.1. The van der Waals surface area contributed by atoms with Gasteiger partial charge in [-0.15, -0.1) is 0 Å². The summed E-state index contributed by atoms with van der Waals surface area (Å²) in [5.74, 6) is 0.124. The lowest BCUT2D eigenvalue weighted by Crippen LogP contribution is -2.42. The van der Waals surface area contributed by atoms with Gasteiger partial charge in [0.1, 0.15) is 6.23 Å². The Labute approximate surface area is 128 Å². The molecule has 2 rings (SSSR count). The highest BCUT2D eigenvalue weighted by Gasteiger charge is 2.27. The van der Waals surface area contributed by atoms with Gasteiger partial charge in [0.2, 0.25) is 0 Å². The van der Waals surface area contributed by atoms with E-state index in [2.05, 4.69) is 17.0 Å². The van der Waals surface area contributed by atoms with Crippen molar-refractivity contribution in [1.82, 2.24) is 4.90 Å². The molecule has 0 spiro atoms. The van der Waals surface area contributed by atoms with Crippen LogP contribution >= 0.6 is 0 Å². The van der Waals surface area contributed by atoms with Gasteiger partial charge in [-0.25, -0.2) is 0 Å². The highest BCUT2D eigenvalue weighted by molar-refractivity contribution is 7.86. The van der Waals surface area contributed by atoms with Gasteiger partial charge in [0, 0.05) is 13.1 Å². The Morgan fingerprint density at radius 2 is 2.00 bits per heavy atom. The summed E-state index contributed by atoms with van der Waals surface area (Å²) in [4.78, 5) is 2.14. The normalized spacial score (nSPS) is 20.5. The fraction of sp³-hybridized carbons (Fsp3) is 0.625. The van der Waals surface area contributed by atoms with E-state index in [1.165, 1.54) is 5.56 Å². The van der Waals surface area contributed by atoms with Crippen LogP contribution in [0.1, 0.15) is 44.6 Å². The quantitative estimate of drug-likeness (QED) is 0.726. The summed E-state index contributed by atoms with van der Waals surface area (Å²) in [5.41, 5.74) is 1.19. The Bertz CT molecular complexity index is 516. The van der Waals surface area contributed by atoms with Crippen molar-refractivity contribution < 1.29 is 12.6 Å². The first kappa shape index (κ1) is 16.5. The van der Waals surface area contributed by atoms with E-state index in [0.717, 1.165) is 38.8 Å². The Morgan fingerprint density at radius 3 is 2.71 bits per heavy atom. The zero-order chi connectivity index (χ0) is 15.1. The van der Waals surface area contributed by atoms with Gasteiger partial charge >= 0.3 is 0 Å². The molecule has 1 heterocycles. The Hall–Kier alpha value is -0.910. The number of hydrogen-bond acceptors (Lipinski definition) is 4. The fourth-order valence-corrected chi connectivity index (χ4v) is 3.90. The summed E-state index contributed by atoms with van der Waals surface area (Å²) in [6, 6.07) is 10.1. The second-order valence-corrected chi connectivity index (χ2v) is 7.33. The van der Waals surface area contributed by atoms with Crippen LogP contribution in [-0.4, -0.2) is 31.8 Å². The van der Waals surface area contributed by atoms with Gasteiger partial charge in [-0.1, -0.05) is 43.7 Å². The fourth-order valence-electron chi connectivity index (χ4n) is 2.61. The van der Waals surface area contributed by atoms with Gasteiger partial charge in [0.05, 0.1) is 5.75 Å². The summed E-state index contributed by atoms with van der Waals surface area (Å²) in [6.07, 6.45) is 4.13. The summed E-state index contributed by atoms with van der Waals surface area (Å²) in [5, 5.41) is 0. The van der Waals surface area contributed by atoms with E-state index in [4.69, 9.17) is 4.18 Å². The van der Waals surface area contributed by atoms with Crippen molar-refractivity contribution in [3.63, 3.8) is 0 Å². The lowest BCUT2D eigenvalue weighted by Gasteiger charge is -2.34. The topological polar surface area (TPSA) is 46.6 Å². The highest BCUT2D eigenvalue weighted by Crippen LogP contribution is 2.22. The van der Waals surface area contributed by atoms with Crippen LogP contribution in [0, 0.1) is 0 Å². The molecule has 1 aliphatic heterocycles. The second-order valence-electron chi connectivity index (χ2n) is 5.62. The summed E-state index contributed by atoms with van der Waals surface area (Å²) in [6.45, 7) is 3.62. The summed E-state index contributed by atoms with van der Waals surface area (Å²) < 4.78 is 29.5. The number of nitrogens with zero attached hydrogens (tertiary/aromatic N) is 1. The van der Waals surface area contributed by atoms with Crippen LogP contribution in [0.4, 0.5) is 0 Å².